The van der Waals surface area contributed by atoms with E-state index in [1.165, 1.54) is 13.8 Å². The van der Waals surface area contributed by atoms with Crippen molar-refractivity contribution < 1.29 is 28.7 Å². The van der Waals surface area contributed by atoms with Gasteiger partial charge in [0.15, 0.2) is 12.2 Å². The first kappa shape index (κ1) is 13.4. The molecule has 0 amide bonds. The Bertz CT molecular complexity index is 264. The number of ether oxygens (including phenoxy) is 2. The number of hydrogen-bond acceptors (Lipinski definition) is 7. The highest BCUT2D eigenvalue weighted by molar-refractivity contribution is 5.82. The number of carbonyl (C=O) groups excluding carboxylic acids is 3. The minimum absolute atomic E-state index is 0.617. The molecule has 15 heavy (non-hydrogen) atoms. The molecule has 0 radical (unpaired) electrons. The van der Waals surface area contributed by atoms with Crippen molar-refractivity contribution in [3.63, 3.8) is 0 Å². The van der Waals surface area contributed by atoms with Gasteiger partial charge in [-0.2, -0.15) is 5.90 Å². The molecule has 0 aromatic carbocycles. The fourth-order valence-electron chi connectivity index (χ4n) is 0.711. The third kappa shape index (κ3) is 4.96. The van der Waals surface area contributed by atoms with Crippen LogP contribution < -0.4 is 5.90 Å². The van der Waals surface area contributed by atoms with Crippen molar-refractivity contribution in [1.82, 2.24) is 0 Å². The van der Waals surface area contributed by atoms with E-state index in [0.29, 0.717) is 0 Å². The second-order valence-corrected chi connectivity index (χ2v) is 2.77. The van der Waals surface area contributed by atoms with Gasteiger partial charge in [-0.1, -0.05) is 0 Å². The van der Waals surface area contributed by atoms with E-state index in [0.717, 1.165) is 6.92 Å². The normalized spacial score (nSPS) is 13.6. The zero-order valence-electron chi connectivity index (χ0n) is 8.68. The van der Waals surface area contributed by atoms with Crippen LogP contribution in [-0.2, 0) is 28.7 Å². The molecule has 0 aromatic heterocycles. The Balaban J connectivity index is 4.12. The van der Waals surface area contributed by atoms with E-state index in [-0.39, 0.29) is 0 Å². The average molecular weight is 219 g/mol. The lowest BCUT2D eigenvalue weighted by Gasteiger charge is -2.14. The average Bonchev–Trinajstić information content (AvgIpc) is 2.15. The molecule has 0 aliphatic carbocycles. The Morgan fingerprint density at radius 3 is 1.87 bits per heavy atom. The highest BCUT2D eigenvalue weighted by atomic mass is 16.7. The van der Waals surface area contributed by atoms with Crippen molar-refractivity contribution in [3.05, 3.63) is 0 Å². The van der Waals surface area contributed by atoms with Crippen LogP contribution in [0.25, 0.3) is 0 Å². The Kier molecular flexibility index (Phi) is 5.32. The lowest BCUT2D eigenvalue weighted by atomic mass is 10.4. The van der Waals surface area contributed by atoms with Crippen LogP contribution in [0.1, 0.15) is 20.8 Å². The fourth-order valence-corrected chi connectivity index (χ4v) is 0.711. The Hall–Kier alpha value is -1.63. The molecule has 0 rings (SSSR count). The first-order valence-electron chi connectivity index (χ1n) is 4.16. The summed E-state index contributed by atoms with van der Waals surface area (Å²) in [6.07, 6.45) is -2.21. The molecule has 7 nitrogen and oxygen atoms in total. The third-order valence-corrected chi connectivity index (χ3v) is 1.42. The Labute approximate surface area is 86.4 Å². The number of hydrogen-bond donors (Lipinski definition) is 1. The maximum absolute atomic E-state index is 11.2. The summed E-state index contributed by atoms with van der Waals surface area (Å²) in [5.74, 6) is 2.23. The molecule has 0 heterocycles. The molecule has 2 unspecified atom stereocenters. The summed E-state index contributed by atoms with van der Waals surface area (Å²) in [6.45, 7) is 3.76. The summed E-state index contributed by atoms with van der Waals surface area (Å²) in [6, 6.07) is 0. The number of carbonyl (C=O) groups is 3. The maximum atomic E-state index is 11.2. The van der Waals surface area contributed by atoms with E-state index in [4.69, 9.17) is 0 Å². The second kappa shape index (κ2) is 5.97. The monoisotopic (exact) mass is 219 g/mol. The van der Waals surface area contributed by atoms with Gasteiger partial charge in [-0.3, -0.25) is 4.79 Å². The summed E-state index contributed by atoms with van der Waals surface area (Å²) >= 11 is 0. The fraction of sp³-hybridized carbons (Fsp3) is 0.625. The molecule has 0 aliphatic rings. The van der Waals surface area contributed by atoms with E-state index in [1.54, 1.807) is 0 Å². The van der Waals surface area contributed by atoms with Crippen LogP contribution in [0.2, 0.25) is 0 Å². The molecule has 2 N–H and O–H groups in total. The summed E-state index contributed by atoms with van der Waals surface area (Å²) in [4.78, 5) is 36.3. The van der Waals surface area contributed by atoms with Crippen LogP contribution in [0.3, 0.4) is 0 Å². The zero-order valence-corrected chi connectivity index (χ0v) is 8.68. The number of nitrogens with two attached hydrogens (primary N) is 1. The standard InChI is InChI=1S/C8H13NO6/c1-4(13-6(3)10)7(11)14-5(2)8(12)15-9/h4-5H,9H2,1-3H3. The van der Waals surface area contributed by atoms with Gasteiger partial charge in [0.05, 0.1) is 0 Å². The van der Waals surface area contributed by atoms with E-state index in [9.17, 15) is 14.4 Å². The van der Waals surface area contributed by atoms with Crippen molar-refractivity contribution in [2.24, 2.45) is 5.90 Å². The molecule has 0 spiro atoms. The van der Waals surface area contributed by atoms with Gasteiger partial charge in [0.2, 0.25) is 0 Å². The van der Waals surface area contributed by atoms with Crippen LogP contribution in [0.4, 0.5) is 0 Å². The van der Waals surface area contributed by atoms with E-state index in [1.807, 2.05) is 0 Å². The van der Waals surface area contributed by atoms with Crippen LogP contribution in [0.15, 0.2) is 0 Å². The maximum Gasteiger partial charge on any atom is 0.365 e. The largest absolute Gasteiger partial charge is 0.451 e. The Morgan fingerprint density at radius 2 is 1.47 bits per heavy atom. The highest BCUT2D eigenvalue weighted by Gasteiger charge is 2.24. The van der Waals surface area contributed by atoms with Gasteiger partial charge in [0.25, 0.3) is 0 Å². The predicted molar refractivity (Wildman–Crippen MR) is 47.1 cm³/mol. The van der Waals surface area contributed by atoms with Crippen molar-refractivity contribution in [3.8, 4) is 0 Å². The second-order valence-electron chi connectivity index (χ2n) is 2.77. The molecule has 0 aromatic rings. The van der Waals surface area contributed by atoms with Crippen LogP contribution in [0.5, 0.6) is 0 Å². The van der Waals surface area contributed by atoms with Gasteiger partial charge in [0, 0.05) is 6.92 Å². The van der Waals surface area contributed by atoms with Gasteiger partial charge >= 0.3 is 17.9 Å². The molecule has 0 saturated carbocycles. The zero-order chi connectivity index (χ0) is 12.0. The van der Waals surface area contributed by atoms with Crippen molar-refractivity contribution in [1.29, 1.82) is 0 Å². The lowest BCUT2D eigenvalue weighted by molar-refractivity contribution is -0.176. The molecule has 0 saturated heterocycles. The van der Waals surface area contributed by atoms with Gasteiger partial charge < -0.3 is 14.3 Å². The minimum atomic E-state index is -1.14. The molecule has 7 heteroatoms. The summed E-state index contributed by atoms with van der Waals surface area (Å²) in [5, 5.41) is 0. The smallest absolute Gasteiger partial charge is 0.365 e. The minimum Gasteiger partial charge on any atom is -0.451 e. The quantitative estimate of drug-likeness (QED) is 0.491. The molecule has 86 valence electrons. The van der Waals surface area contributed by atoms with E-state index < -0.39 is 30.1 Å². The molecule has 0 fully saturated rings. The summed E-state index contributed by atoms with van der Waals surface area (Å²) in [7, 11) is 0. The lowest BCUT2D eigenvalue weighted by Crippen LogP contribution is -2.33. The SMILES string of the molecule is CC(=O)OC(C)C(=O)OC(C)C(=O)ON. The molecular weight excluding hydrogens is 206 g/mol. The summed E-state index contributed by atoms with van der Waals surface area (Å²) < 4.78 is 9.12. The Morgan fingerprint density at radius 1 is 1.00 bits per heavy atom. The molecule has 0 bridgehead atoms. The highest BCUT2D eigenvalue weighted by Crippen LogP contribution is 2.00. The van der Waals surface area contributed by atoms with Gasteiger partial charge in [-0.15, -0.1) is 0 Å². The van der Waals surface area contributed by atoms with Gasteiger partial charge in [0.1, 0.15) is 0 Å². The topological polar surface area (TPSA) is 105 Å². The van der Waals surface area contributed by atoms with E-state index in [2.05, 4.69) is 20.2 Å². The first-order valence-corrected chi connectivity index (χ1v) is 4.16. The molecular formula is C8H13NO6. The van der Waals surface area contributed by atoms with E-state index >= 15 is 0 Å². The molecule has 2 atom stereocenters. The van der Waals surface area contributed by atoms with Crippen LogP contribution >= 0.6 is 0 Å². The van der Waals surface area contributed by atoms with Gasteiger partial charge in [-0.25, -0.2) is 9.59 Å². The number of esters is 2. The first-order chi connectivity index (χ1) is 6.88. The van der Waals surface area contributed by atoms with Crippen molar-refractivity contribution >= 4 is 17.9 Å². The van der Waals surface area contributed by atoms with Crippen molar-refractivity contribution in [2.75, 3.05) is 0 Å². The van der Waals surface area contributed by atoms with Gasteiger partial charge in [-0.05, 0) is 13.8 Å². The number of rotatable bonds is 4. The summed E-state index contributed by atoms with van der Waals surface area (Å²) in [5.41, 5.74) is 0. The van der Waals surface area contributed by atoms with Crippen molar-refractivity contribution in [2.45, 2.75) is 33.0 Å². The third-order valence-electron chi connectivity index (χ3n) is 1.42. The molecule has 0 aliphatic heterocycles. The van der Waals surface area contributed by atoms with Crippen LogP contribution in [0, 0.1) is 0 Å². The van der Waals surface area contributed by atoms with Crippen LogP contribution in [-0.4, -0.2) is 30.1 Å². The predicted octanol–water partition coefficient (Wildman–Crippen LogP) is -0.713.